The van der Waals surface area contributed by atoms with Crippen LogP contribution in [0.15, 0.2) is 49.3 Å². The Morgan fingerprint density at radius 1 is 0.588 bits per heavy atom. The molecule has 10 atom stereocenters. The number of ether oxygens (including phenoxy) is 2. The lowest BCUT2D eigenvalue weighted by Crippen LogP contribution is -2.46. The highest BCUT2D eigenvalue weighted by Gasteiger charge is 2.57. The summed E-state index contributed by atoms with van der Waals surface area (Å²) in [6.07, 6.45) is -0.843. The number of aromatic nitrogens is 6. The standard InChI is InChI=1S/2C25H28F3N3O3/c2*1-12(17-10-18(22(27)28)19(26)16-7-5-4-6-15(16)17)21-25(3,33)20(32)24(34-21)31-9-8-14-13(2)29-11-30-23(14)31/h2*8-12,20-22,24,32-33H,4-7H2,1-3H3/t12-,20+,21-,24-,25+;12-,20-,21+,24+,25-/m10/s1. The van der Waals surface area contributed by atoms with Crippen molar-refractivity contribution < 1.29 is 56.2 Å². The van der Waals surface area contributed by atoms with Gasteiger partial charge in [-0.25, -0.2) is 46.3 Å². The number of halogens is 6. The van der Waals surface area contributed by atoms with E-state index in [0.717, 1.165) is 47.8 Å². The predicted octanol–water partition coefficient (Wildman–Crippen LogP) is 9.02. The molecule has 4 aliphatic rings. The summed E-state index contributed by atoms with van der Waals surface area (Å²) in [5.74, 6) is -2.80. The van der Waals surface area contributed by atoms with Crippen LogP contribution >= 0.6 is 0 Å². The highest BCUT2D eigenvalue weighted by atomic mass is 19.3. The SMILES string of the molecule is Cc1ncnc2c1ccn2[C@@H]1O[C@H]([C@@H](C)c2cc(C(F)F)c(F)c3c2CCCC3)[C@@](C)(O)[C@H]1O.Cc1ncnc2c1ccn2[C@@H]1O[C@H]([C@H](C)c2cc(C(F)F)c(F)c3c2CCCC3)[C@@](C)(O)[C@H]1O. The first kappa shape index (κ1) is 48.1. The first-order valence-corrected chi connectivity index (χ1v) is 23.2. The molecule has 18 heteroatoms. The number of rotatable bonds is 8. The van der Waals surface area contributed by atoms with Gasteiger partial charge in [-0.3, -0.25) is 0 Å². The molecule has 10 rings (SSSR count). The van der Waals surface area contributed by atoms with Gasteiger partial charge in [-0.05, 0) is 137 Å². The van der Waals surface area contributed by atoms with Gasteiger partial charge in [0.05, 0.1) is 34.7 Å². The fourth-order valence-electron chi connectivity index (χ4n) is 11.3. The topological polar surface area (TPSA) is 161 Å². The van der Waals surface area contributed by atoms with E-state index in [9.17, 15) is 46.8 Å². The van der Waals surface area contributed by atoms with Crippen LogP contribution in [0.3, 0.4) is 0 Å². The molecule has 6 heterocycles. The Kier molecular flexibility index (Phi) is 12.8. The Balaban J connectivity index is 0.000000170. The smallest absolute Gasteiger partial charge is 0.266 e. The first-order valence-electron chi connectivity index (χ1n) is 23.2. The maximum Gasteiger partial charge on any atom is 0.266 e. The van der Waals surface area contributed by atoms with Crippen LogP contribution in [0.25, 0.3) is 22.1 Å². The van der Waals surface area contributed by atoms with Gasteiger partial charge in [-0.1, -0.05) is 13.8 Å². The summed E-state index contributed by atoms with van der Waals surface area (Å²) >= 11 is 0. The third-order valence-electron chi connectivity index (χ3n) is 15.1. The fraction of sp³-hybridized carbons (Fsp3) is 0.520. The summed E-state index contributed by atoms with van der Waals surface area (Å²) in [7, 11) is 0. The molecule has 2 aromatic carbocycles. The second-order valence-corrected chi connectivity index (χ2v) is 19.3. The second-order valence-electron chi connectivity index (χ2n) is 19.3. The molecule has 0 radical (unpaired) electrons. The lowest BCUT2D eigenvalue weighted by atomic mass is 9.77. The van der Waals surface area contributed by atoms with E-state index >= 15 is 0 Å². The number of alkyl halides is 4. The van der Waals surface area contributed by atoms with Crippen molar-refractivity contribution >= 4 is 22.1 Å². The van der Waals surface area contributed by atoms with Crippen molar-refractivity contribution in [1.82, 2.24) is 29.1 Å². The van der Waals surface area contributed by atoms with Gasteiger partial charge in [0, 0.05) is 35.0 Å². The van der Waals surface area contributed by atoms with Crippen molar-refractivity contribution in [3.8, 4) is 0 Å². The molecule has 4 N–H and O–H groups in total. The number of nitrogens with zero attached hydrogens (tertiary/aromatic N) is 6. The van der Waals surface area contributed by atoms with Crippen LogP contribution in [-0.4, -0.2) is 85.1 Å². The summed E-state index contributed by atoms with van der Waals surface area (Å²) in [5.41, 5.74) is 1.21. The van der Waals surface area contributed by atoms with Crippen LogP contribution < -0.4 is 0 Å². The third kappa shape index (κ3) is 7.88. The first-order chi connectivity index (χ1) is 32.2. The molecule has 2 saturated heterocycles. The minimum absolute atomic E-state index is 0.337. The maximum atomic E-state index is 14.9. The zero-order valence-electron chi connectivity index (χ0n) is 38.6. The monoisotopic (exact) mass is 950 g/mol. The quantitative estimate of drug-likeness (QED) is 0.108. The van der Waals surface area contributed by atoms with Gasteiger partial charge < -0.3 is 39.0 Å². The zero-order chi connectivity index (χ0) is 48.7. The molecule has 364 valence electrons. The molecule has 2 aliphatic heterocycles. The van der Waals surface area contributed by atoms with E-state index in [0.29, 0.717) is 70.4 Å². The number of benzene rings is 2. The molecule has 2 fully saturated rings. The second kappa shape index (κ2) is 18.1. The maximum absolute atomic E-state index is 14.9. The number of aliphatic hydroxyl groups is 4. The minimum atomic E-state index is -2.95. The molecule has 0 unspecified atom stereocenters. The van der Waals surface area contributed by atoms with Gasteiger partial charge >= 0.3 is 0 Å². The predicted molar refractivity (Wildman–Crippen MR) is 238 cm³/mol. The number of hydrogen-bond acceptors (Lipinski definition) is 10. The summed E-state index contributed by atoms with van der Waals surface area (Å²) in [4.78, 5) is 17.0. The van der Waals surface area contributed by atoms with Crippen LogP contribution in [0.2, 0.25) is 0 Å². The van der Waals surface area contributed by atoms with Gasteiger partial charge in [0.2, 0.25) is 0 Å². The summed E-state index contributed by atoms with van der Waals surface area (Å²) in [6, 6.07) is 6.07. The van der Waals surface area contributed by atoms with Gasteiger partial charge in [0.15, 0.2) is 12.5 Å². The highest BCUT2D eigenvalue weighted by Crippen LogP contribution is 2.49. The van der Waals surface area contributed by atoms with Gasteiger partial charge in [-0.15, -0.1) is 0 Å². The van der Waals surface area contributed by atoms with Crippen LogP contribution in [0.4, 0.5) is 26.3 Å². The lowest BCUT2D eigenvalue weighted by Gasteiger charge is -2.33. The van der Waals surface area contributed by atoms with E-state index in [1.165, 1.54) is 38.6 Å². The van der Waals surface area contributed by atoms with E-state index in [1.54, 1.807) is 35.4 Å². The molecule has 6 aromatic rings. The Hall–Kier alpha value is -4.98. The average molecular weight is 951 g/mol. The van der Waals surface area contributed by atoms with Gasteiger partial charge in [0.25, 0.3) is 12.9 Å². The van der Waals surface area contributed by atoms with E-state index in [4.69, 9.17) is 9.47 Å². The summed E-state index contributed by atoms with van der Waals surface area (Å²) in [6.45, 7) is 10.2. The summed E-state index contributed by atoms with van der Waals surface area (Å²) < 4.78 is 100. The van der Waals surface area contributed by atoms with Crippen LogP contribution in [0.1, 0.15) is 146 Å². The van der Waals surface area contributed by atoms with Crippen LogP contribution in [0, 0.1) is 25.5 Å². The molecule has 0 bridgehead atoms. The molecule has 68 heavy (non-hydrogen) atoms. The lowest BCUT2D eigenvalue weighted by molar-refractivity contribution is -0.0706. The molecule has 4 aromatic heterocycles. The van der Waals surface area contributed by atoms with E-state index < -0.39 is 95.5 Å². The van der Waals surface area contributed by atoms with Crippen molar-refractivity contribution in [1.29, 1.82) is 0 Å². The molecule has 2 aliphatic carbocycles. The molecule has 0 saturated carbocycles. The Morgan fingerprint density at radius 2 is 0.941 bits per heavy atom. The number of aryl methyl sites for hydroxylation is 2. The number of hydrogen-bond donors (Lipinski definition) is 4. The largest absolute Gasteiger partial charge is 0.385 e. The molecule has 12 nitrogen and oxygen atoms in total. The van der Waals surface area contributed by atoms with E-state index in [1.807, 2.05) is 26.0 Å². The Bertz CT molecular complexity index is 2680. The Morgan fingerprint density at radius 3 is 1.29 bits per heavy atom. The average Bonchev–Trinajstić information content (AvgIpc) is 4.06. The van der Waals surface area contributed by atoms with Crippen molar-refractivity contribution in [2.75, 3.05) is 0 Å². The van der Waals surface area contributed by atoms with Gasteiger partial charge in [0.1, 0.15) is 59.0 Å². The molecule has 0 spiro atoms. The fourth-order valence-corrected chi connectivity index (χ4v) is 11.3. The van der Waals surface area contributed by atoms with Crippen molar-refractivity contribution in [3.63, 3.8) is 0 Å². The van der Waals surface area contributed by atoms with E-state index in [2.05, 4.69) is 19.9 Å². The molecule has 0 amide bonds. The zero-order valence-corrected chi connectivity index (χ0v) is 38.6. The normalized spacial score (nSPS) is 28.0. The Labute approximate surface area is 389 Å². The third-order valence-corrected chi connectivity index (χ3v) is 15.1. The van der Waals surface area contributed by atoms with Crippen molar-refractivity contribution in [3.05, 3.63) is 117 Å². The number of fused-ring (bicyclic) bond motifs is 4. The van der Waals surface area contributed by atoms with Crippen molar-refractivity contribution in [2.24, 2.45) is 0 Å². The summed E-state index contributed by atoms with van der Waals surface area (Å²) in [5, 5.41) is 46.5. The van der Waals surface area contributed by atoms with Crippen LogP contribution in [-0.2, 0) is 35.2 Å². The van der Waals surface area contributed by atoms with E-state index in [-0.39, 0.29) is 0 Å². The number of aliphatic hydroxyl groups excluding tert-OH is 2. The molecular formula is C50H56F6N6O6. The van der Waals surface area contributed by atoms with Crippen molar-refractivity contribution in [2.45, 2.75) is 166 Å². The molecular weight excluding hydrogens is 895 g/mol. The van der Waals surface area contributed by atoms with Crippen LogP contribution in [0.5, 0.6) is 0 Å². The highest BCUT2D eigenvalue weighted by molar-refractivity contribution is 5.79. The van der Waals surface area contributed by atoms with Gasteiger partial charge in [-0.2, -0.15) is 0 Å². The minimum Gasteiger partial charge on any atom is -0.385 e.